The van der Waals surface area contributed by atoms with Gasteiger partial charge in [-0.15, -0.1) is 0 Å². The number of carbonyl (C=O) groups excluding carboxylic acids is 2. The zero-order chi connectivity index (χ0) is 36.8. The number of aromatic hydroxyl groups is 1. The number of fused-ring (bicyclic) bond motifs is 2. The fourth-order valence-electron chi connectivity index (χ4n) is 7.78. The van der Waals surface area contributed by atoms with E-state index in [1.165, 1.54) is 35.0 Å². The van der Waals surface area contributed by atoms with Gasteiger partial charge < -0.3 is 24.2 Å². The number of ether oxygens (including phenoxy) is 1. The number of nitrogens with zero attached hydrogens (tertiary/aromatic N) is 8. The van der Waals surface area contributed by atoms with Gasteiger partial charge in [0.05, 0.1) is 48.7 Å². The van der Waals surface area contributed by atoms with Gasteiger partial charge in [0.2, 0.25) is 0 Å². The minimum absolute atomic E-state index is 0.0949. The first-order valence-corrected chi connectivity index (χ1v) is 17.9. The minimum atomic E-state index is -0.491. The number of carbonyl (C=O) groups is 2. The first kappa shape index (κ1) is 34.4. The Morgan fingerprint density at radius 1 is 0.906 bits per heavy atom. The van der Waals surface area contributed by atoms with Crippen LogP contribution in [0, 0.1) is 12.7 Å². The SMILES string of the molecule is Cc1c(C(=O)N(c2cnc(O)nc2)c2cnc3c(c2)CCN3C)cc(-c2cc(F)ccc2C(=O)N2Cc3ccccc3C[C@H]2CN2CCOCC2)n1C. The molecule has 1 atom stereocenters. The topological polar surface area (TPSA) is 120 Å². The zero-order valence-electron chi connectivity index (χ0n) is 30.0. The van der Waals surface area contributed by atoms with Crippen molar-refractivity contribution in [2.45, 2.75) is 32.4 Å². The maximum atomic E-state index is 15.2. The van der Waals surface area contributed by atoms with E-state index in [1.54, 1.807) is 25.4 Å². The predicted molar refractivity (Wildman–Crippen MR) is 198 cm³/mol. The third kappa shape index (κ3) is 6.51. The van der Waals surface area contributed by atoms with Crippen molar-refractivity contribution in [1.82, 2.24) is 29.3 Å². The Hall–Kier alpha value is -5.66. The van der Waals surface area contributed by atoms with Crippen LogP contribution in [-0.4, -0.2) is 98.7 Å². The summed E-state index contributed by atoms with van der Waals surface area (Å²) in [5.74, 6) is -0.228. The lowest BCUT2D eigenvalue weighted by Gasteiger charge is -2.40. The second-order valence-electron chi connectivity index (χ2n) is 14.0. The molecule has 272 valence electrons. The number of hydrogen-bond donors (Lipinski definition) is 1. The molecule has 0 radical (unpaired) electrons. The summed E-state index contributed by atoms with van der Waals surface area (Å²) in [6.45, 7) is 6.68. The van der Waals surface area contributed by atoms with Crippen LogP contribution in [0.4, 0.5) is 21.6 Å². The van der Waals surface area contributed by atoms with E-state index in [-0.39, 0.29) is 11.9 Å². The predicted octanol–water partition coefficient (Wildman–Crippen LogP) is 4.90. The van der Waals surface area contributed by atoms with Crippen LogP contribution in [0.5, 0.6) is 6.01 Å². The molecule has 2 aromatic carbocycles. The minimum Gasteiger partial charge on any atom is -0.479 e. The van der Waals surface area contributed by atoms with Crippen molar-refractivity contribution in [2.24, 2.45) is 7.05 Å². The van der Waals surface area contributed by atoms with Crippen molar-refractivity contribution < 1.29 is 23.8 Å². The molecule has 5 aromatic rings. The molecule has 3 aliphatic heterocycles. The largest absolute Gasteiger partial charge is 0.479 e. The highest BCUT2D eigenvalue weighted by Gasteiger charge is 2.34. The molecule has 0 aliphatic carbocycles. The molecule has 53 heavy (non-hydrogen) atoms. The Balaban J connectivity index is 1.18. The molecular formula is C40H41FN8O4. The number of hydrogen-bond acceptors (Lipinski definition) is 9. The van der Waals surface area contributed by atoms with E-state index >= 15 is 4.39 Å². The third-order valence-corrected chi connectivity index (χ3v) is 10.8. The smallest absolute Gasteiger partial charge is 0.313 e. The molecule has 13 heteroatoms. The maximum absolute atomic E-state index is 15.2. The number of morpholine rings is 1. The van der Waals surface area contributed by atoms with Gasteiger partial charge >= 0.3 is 6.01 Å². The molecule has 1 fully saturated rings. The van der Waals surface area contributed by atoms with Crippen molar-refractivity contribution >= 4 is 29.0 Å². The average molecular weight is 717 g/mol. The molecule has 3 aromatic heterocycles. The van der Waals surface area contributed by atoms with Crippen molar-refractivity contribution in [1.29, 1.82) is 0 Å². The highest BCUT2D eigenvalue weighted by Crippen LogP contribution is 2.36. The summed E-state index contributed by atoms with van der Waals surface area (Å²) in [7, 11) is 3.78. The van der Waals surface area contributed by atoms with Crippen molar-refractivity contribution in [2.75, 3.05) is 56.2 Å². The normalized spacial score (nSPS) is 17.1. The van der Waals surface area contributed by atoms with Crippen LogP contribution in [0.15, 0.2) is 73.2 Å². The summed E-state index contributed by atoms with van der Waals surface area (Å²) in [6, 6.07) is 15.6. The summed E-state index contributed by atoms with van der Waals surface area (Å²) < 4.78 is 22.6. The van der Waals surface area contributed by atoms with Crippen molar-refractivity contribution in [3.63, 3.8) is 0 Å². The van der Waals surface area contributed by atoms with E-state index < -0.39 is 17.7 Å². The number of benzene rings is 2. The zero-order valence-corrected chi connectivity index (χ0v) is 30.0. The third-order valence-electron chi connectivity index (χ3n) is 10.8. The molecular weight excluding hydrogens is 675 g/mol. The Bertz CT molecular complexity index is 2200. The van der Waals surface area contributed by atoms with Gasteiger partial charge in [-0.3, -0.25) is 19.4 Å². The maximum Gasteiger partial charge on any atom is 0.313 e. The molecule has 1 N–H and O–H groups in total. The van der Waals surface area contributed by atoms with Crippen LogP contribution >= 0.6 is 0 Å². The van der Waals surface area contributed by atoms with Gasteiger partial charge in [-0.1, -0.05) is 24.3 Å². The molecule has 0 saturated carbocycles. The van der Waals surface area contributed by atoms with Gasteiger partial charge in [0.1, 0.15) is 11.6 Å². The van der Waals surface area contributed by atoms with Crippen molar-refractivity contribution in [3.05, 3.63) is 113 Å². The van der Waals surface area contributed by atoms with Crippen LogP contribution in [0.25, 0.3) is 11.3 Å². The highest BCUT2D eigenvalue weighted by atomic mass is 19.1. The summed E-state index contributed by atoms with van der Waals surface area (Å²) in [5, 5.41) is 9.85. The lowest BCUT2D eigenvalue weighted by Crippen LogP contribution is -2.52. The Labute approximate surface area is 307 Å². The molecule has 2 amide bonds. The summed E-state index contributed by atoms with van der Waals surface area (Å²) in [5.41, 5.74) is 6.40. The fraction of sp³-hybridized carbons (Fsp3) is 0.325. The molecule has 12 nitrogen and oxygen atoms in total. The van der Waals surface area contributed by atoms with Gasteiger partial charge in [0.15, 0.2) is 0 Å². The first-order chi connectivity index (χ1) is 25.7. The second-order valence-corrected chi connectivity index (χ2v) is 14.0. The van der Waals surface area contributed by atoms with Crippen LogP contribution in [-0.2, 0) is 31.2 Å². The van der Waals surface area contributed by atoms with E-state index in [9.17, 15) is 14.7 Å². The van der Waals surface area contributed by atoms with E-state index in [4.69, 9.17) is 4.74 Å². The van der Waals surface area contributed by atoms with Crippen LogP contribution in [0.3, 0.4) is 0 Å². The Kier molecular flexibility index (Phi) is 9.13. The van der Waals surface area contributed by atoms with Gasteiger partial charge in [-0.05, 0) is 66.8 Å². The number of halogens is 1. The number of pyridine rings is 1. The standard InChI is InChI=1S/C40H41FN8O4/c1-25-34(39(51)49(32-21-43-40(52)44-22-32)30-17-27-10-11-45(2)37(27)42-20-30)19-36(46(25)3)35-18-29(41)8-9-33(35)38(50)48-23-28-7-5-4-6-26(28)16-31(48)24-47-12-14-53-15-13-47/h4-9,17-22,31H,10-16,23-24H2,1-3H3,(H,43,44,52)/t31-/m0/s1. The molecule has 6 heterocycles. The number of anilines is 3. The second kappa shape index (κ2) is 14.1. The van der Waals surface area contributed by atoms with Crippen LogP contribution < -0.4 is 9.80 Å². The quantitative estimate of drug-likeness (QED) is 0.251. The Morgan fingerprint density at radius 2 is 1.64 bits per heavy atom. The van der Waals surface area contributed by atoms with Gasteiger partial charge in [0.25, 0.3) is 11.8 Å². The molecule has 0 unspecified atom stereocenters. The van der Waals surface area contributed by atoms with Gasteiger partial charge in [0, 0.05) is 75.4 Å². The molecule has 8 rings (SSSR count). The molecule has 0 spiro atoms. The number of amides is 2. The van der Waals surface area contributed by atoms with E-state index in [0.29, 0.717) is 72.2 Å². The van der Waals surface area contributed by atoms with Gasteiger partial charge in [-0.2, -0.15) is 0 Å². The van der Waals surface area contributed by atoms with Crippen LogP contribution in [0.1, 0.15) is 43.1 Å². The molecule has 1 saturated heterocycles. The van der Waals surface area contributed by atoms with E-state index in [1.807, 2.05) is 41.6 Å². The summed E-state index contributed by atoms with van der Waals surface area (Å²) in [4.78, 5) is 49.8. The lowest BCUT2D eigenvalue weighted by molar-refractivity contribution is 0.0193. The number of likely N-dealkylation sites (N-methyl/N-ethyl adjacent to an activating group) is 1. The molecule has 0 bridgehead atoms. The molecule has 3 aliphatic rings. The number of rotatable bonds is 7. The summed E-state index contributed by atoms with van der Waals surface area (Å²) >= 11 is 0. The average Bonchev–Trinajstić information content (AvgIpc) is 3.69. The van der Waals surface area contributed by atoms with E-state index in [2.05, 4.69) is 36.9 Å². The highest BCUT2D eigenvalue weighted by molar-refractivity contribution is 6.12. The summed E-state index contributed by atoms with van der Waals surface area (Å²) in [6.07, 6.45) is 5.89. The van der Waals surface area contributed by atoms with Crippen molar-refractivity contribution in [3.8, 4) is 17.3 Å². The van der Waals surface area contributed by atoms with Crippen LogP contribution in [0.2, 0.25) is 0 Å². The Morgan fingerprint density at radius 3 is 2.42 bits per heavy atom. The fourth-order valence-corrected chi connectivity index (χ4v) is 7.78. The van der Waals surface area contributed by atoms with E-state index in [0.717, 1.165) is 43.0 Å². The lowest BCUT2D eigenvalue weighted by atomic mass is 9.92. The number of aromatic nitrogens is 4. The first-order valence-electron chi connectivity index (χ1n) is 17.9. The van der Waals surface area contributed by atoms with Gasteiger partial charge in [-0.25, -0.2) is 19.3 Å². The monoisotopic (exact) mass is 716 g/mol.